The maximum absolute atomic E-state index is 12.5. The zero-order valence-electron chi connectivity index (χ0n) is 18.2. The number of rotatable bonds is 5. The summed E-state index contributed by atoms with van der Waals surface area (Å²) in [5.41, 5.74) is 0.182. The Hall–Kier alpha value is -1.53. The lowest BCUT2D eigenvalue weighted by Crippen LogP contribution is -2.44. The molecule has 1 aliphatic carbocycles. The first kappa shape index (κ1) is 22.8. The fourth-order valence-electron chi connectivity index (χ4n) is 3.29. The SMILES string of the molecule is COc1ccc(C(=O)OC2CCCC(O[Si](C)(C)C(C)(C)C)CCC2)c(O)c1. The van der Waals surface area contributed by atoms with Gasteiger partial charge in [-0.1, -0.05) is 20.8 Å². The van der Waals surface area contributed by atoms with Crippen molar-refractivity contribution in [3.05, 3.63) is 23.8 Å². The van der Waals surface area contributed by atoms with Crippen LogP contribution in [-0.2, 0) is 9.16 Å². The molecular weight excluding hydrogens is 372 g/mol. The van der Waals surface area contributed by atoms with Gasteiger partial charge in [-0.05, 0) is 68.8 Å². The van der Waals surface area contributed by atoms with Crippen molar-refractivity contribution in [3.63, 3.8) is 0 Å². The van der Waals surface area contributed by atoms with Crippen molar-refractivity contribution in [2.24, 2.45) is 0 Å². The minimum atomic E-state index is -1.76. The third kappa shape index (κ3) is 5.98. The lowest BCUT2D eigenvalue weighted by atomic mass is 9.96. The van der Waals surface area contributed by atoms with Gasteiger partial charge >= 0.3 is 5.97 Å². The second-order valence-corrected chi connectivity index (χ2v) is 14.0. The van der Waals surface area contributed by atoms with Crippen LogP contribution >= 0.6 is 0 Å². The van der Waals surface area contributed by atoms with Crippen LogP contribution in [0.2, 0.25) is 18.1 Å². The third-order valence-corrected chi connectivity index (χ3v) is 10.6. The molecule has 0 bridgehead atoms. The largest absolute Gasteiger partial charge is 0.507 e. The Morgan fingerprint density at radius 1 is 1.07 bits per heavy atom. The van der Waals surface area contributed by atoms with Gasteiger partial charge < -0.3 is 19.0 Å². The molecule has 0 amide bonds. The number of carbonyl (C=O) groups is 1. The molecule has 0 radical (unpaired) electrons. The summed E-state index contributed by atoms with van der Waals surface area (Å²) in [4.78, 5) is 12.5. The first-order valence-corrected chi connectivity index (χ1v) is 13.2. The fraction of sp³-hybridized carbons (Fsp3) is 0.682. The summed E-state index contributed by atoms with van der Waals surface area (Å²) >= 11 is 0. The molecule has 0 atom stereocenters. The van der Waals surface area contributed by atoms with Gasteiger partial charge in [0.1, 0.15) is 23.2 Å². The molecule has 0 unspecified atom stereocenters. The lowest BCUT2D eigenvalue weighted by Gasteiger charge is -2.40. The minimum absolute atomic E-state index is 0.108. The van der Waals surface area contributed by atoms with Crippen molar-refractivity contribution in [3.8, 4) is 11.5 Å². The van der Waals surface area contributed by atoms with E-state index in [2.05, 4.69) is 33.9 Å². The highest BCUT2D eigenvalue weighted by atomic mass is 28.4. The van der Waals surface area contributed by atoms with E-state index in [1.165, 1.54) is 13.2 Å². The van der Waals surface area contributed by atoms with Gasteiger partial charge in [0.2, 0.25) is 0 Å². The van der Waals surface area contributed by atoms with Crippen LogP contribution in [0.25, 0.3) is 0 Å². The Morgan fingerprint density at radius 3 is 2.14 bits per heavy atom. The van der Waals surface area contributed by atoms with Crippen molar-refractivity contribution >= 4 is 14.3 Å². The summed E-state index contributed by atoms with van der Waals surface area (Å²) < 4.78 is 17.3. The van der Waals surface area contributed by atoms with Crippen molar-refractivity contribution in [1.82, 2.24) is 0 Å². The van der Waals surface area contributed by atoms with Crippen molar-refractivity contribution < 1.29 is 23.8 Å². The number of methoxy groups -OCH3 is 1. The van der Waals surface area contributed by atoms with Gasteiger partial charge in [0, 0.05) is 12.2 Å². The van der Waals surface area contributed by atoms with Gasteiger partial charge in [0.15, 0.2) is 8.32 Å². The van der Waals surface area contributed by atoms with Crippen LogP contribution in [0.4, 0.5) is 0 Å². The number of hydrogen-bond donors (Lipinski definition) is 1. The molecule has 1 saturated carbocycles. The molecule has 0 heterocycles. The summed E-state index contributed by atoms with van der Waals surface area (Å²) in [6, 6.07) is 4.62. The van der Waals surface area contributed by atoms with E-state index in [0.29, 0.717) is 11.9 Å². The highest BCUT2D eigenvalue weighted by Crippen LogP contribution is 2.39. The first-order valence-electron chi connectivity index (χ1n) is 10.3. The fourth-order valence-corrected chi connectivity index (χ4v) is 4.71. The summed E-state index contributed by atoms with van der Waals surface area (Å²) in [6.45, 7) is 11.4. The molecule has 158 valence electrons. The molecule has 1 N–H and O–H groups in total. The molecule has 1 aromatic rings. The van der Waals surface area contributed by atoms with Crippen LogP contribution in [0.15, 0.2) is 18.2 Å². The number of phenols is 1. The van der Waals surface area contributed by atoms with Gasteiger partial charge in [-0.3, -0.25) is 0 Å². The maximum atomic E-state index is 12.5. The minimum Gasteiger partial charge on any atom is -0.507 e. The van der Waals surface area contributed by atoms with E-state index in [-0.39, 0.29) is 22.5 Å². The predicted molar refractivity (Wildman–Crippen MR) is 114 cm³/mol. The molecule has 1 aromatic carbocycles. The zero-order chi connectivity index (χ0) is 20.9. The molecule has 0 spiro atoms. The monoisotopic (exact) mass is 408 g/mol. The van der Waals surface area contributed by atoms with E-state index in [0.717, 1.165) is 38.5 Å². The molecule has 6 heteroatoms. The Balaban J connectivity index is 1.89. The summed E-state index contributed by atoms with van der Waals surface area (Å²) in [6.07, 6.45) is 5.84. The smallest absolute Gasteiger partial charge is 0.342 e. The van der Waals surface area contributed by atoms with E-state index in [1.54, 1.807) is 12.1 Å². The second-order valence-electron chi connectivity index (χ2n) is 9.27. The number of esters is 1. The van der Waals surface area contributed by atoms with Crippen LogP contribution in [-0.4, -0.2) is 38.7 Å². The van der Waals surface area contributed by atoms with Crippen LogP contribution in [0.5, 0.6) is 11.5 Å². The highest BCUT2D eigenvalue weighted by Gasteiger charge is 2.39. The van der Waals surface area contributed by atoms with Crippen LogP contribution in [0.3, 0.4) is 0 Å². The van der Waals surface area contributed by atoms with Crippen molar-refractivity contribution in [2.45, 2.75) is 89.6 Å². The number of aromatic hydroxyl groups is 1. The highest BCUT2D eigenvalue weighted by molar-refractivity contribution is 6.74. The second kappa shape index (κ2) is 9.31. The van der Waals surface area contributed by atoms with Gasteiger partial charge in [-0.25, -0.2) is 4.79 Å². The average Bonchev–Trinajstić information content (AvgIpc) is 2.57. The number of hydrogen-bond acceptors (Lipinski definition) is 5. The van der Waals surface area contributed by atoms with E-state index in [1.807, 2.05) is 0 Å². The lowest BCUT2D eigenvalue weighted by molar-refractivity contribution is 0.0200. The molecule has 0 aromatic heterocycles. The topological polar surface area (TPSA) is 65.0 Å². The summed E-state index contributed by atoms with van der Waals surface area (Å²) in [5, 5.41) is 10.3. The van der Waals surface area contributed by atoms with Gasteiger partial charge in [0.05, 0.1) is 7.11 Å². The predicted octanol–water partition coefficient (Wildman–Crippen LogP) is 5.67. The van der Waals surface area contributed by atoms with Crippen molar-refractivity contribution in [2.75, 3.05) is 7.11 Å². The number of carbonyl (C=O) groups excluding carboxylic acids is 1. The van der Waals surface area contributed by atoms with E-state index in [9.17, 15) is 9.90 Å². The van der Waals surface area contributed by atoms with Crippen LogP contribution in [0.1, 0.15) is 69.7 Å². The van der Waals surface area contributed by atoms with Gasteiger partial charge in [-0.2, -0.15) is 0 Å². The molecular formula is C22H36O5Si. The van der Waals surface area contributed by atoms with Crippen LogP contribution in [0, 0.1) is 0 Å². The number of benzene rings is 1. The Labute approximate surface area is 170 Å². The zero-order valence-corrected chi connectivity index (χ0v) is 19.2. The summed E-state index contributed by atoms with van der Waals surface area (Å²) in [7, 11) is -0.239. The Morgan fingerprint density at radius 2 is 1.64 bits per heavy atom. The third-order valence-electron chi connectivity index (χ3n) is 6.07. The average molecular weight is 409 g/mol. The number of phenolic OH excluding ortho intramolecular Hbond substituents is 1. The molecule has 0 saturated heterocycles. The molecule has 5 nitrogen and oxygen atoms in total. The van der Waals surface area contributed by atoms with Crippen molar-refractivity contribution in [1.29, 1.82) is 0 Å². The van der Waals surface area contributed by atoms with E-state index in [4.69, 9.17) is 13.9 Å². The van der Waals surface area contributed by atoms with Crippen LogP contribution < -0.4 is 4.74 Å². The summed E-state index contributed by atoms with van der Waals surface area (Å²) in [5.74, 6) is -0.0781. The Kier molecular flexibility index (Phi) is 7.57. The molecule has 2 rings (SSSR count). The first-order chi connectivity index (χ1) is 13.0. The van der Waals surface area contributed by atoms with E-state index >= 15 is 0 Å². The standard InChI is InChI=1S/C22H36O5Si/c1-22(2,3)28(5,6)27-17-11-7-9-16(10-8-12-17)26-21(24)19-14-13-18(25-4)15-20(19)23/h13-17,23H,7-12H2,1-6H3. The molecule has 1 aliphatic rings. The quantitative estimate of drug-likeness (QED) is 0.502. The molecule has 28 heavy (non-hydrogen) atoms. The van der Waals surface area contributed by atoms with Gasteiger partial charge in [0.25, 0.3) is 0 Å². The normalized spacial score (nSPS) is 21.5. The molecule has 1 fully saturated rings. The number of ether oxygens (including phenoxy) is 2. The maximum Gasteiger partial charge on any atom is 0.342 e. The van der Waals surface area contributed by atoms with Gasteiger partial charge in [-0.15, -0.1) is 0 Å². The van der Waals surface area contributed by atoms with E-state index < -0.39 is 14.3 Å². The Bertz CT molecular complexity index is 655. The molecule has 0 aliphatic heterocycles.